The van der Waals surface area contributed by atoms with Crippen molar-refractivity contribution in [3.05, 3.63) is 40.9 Å². The van der Waals surface area contributed by atoms with Crippen LogP contribution >= 0.6 is 22.9 Å². The average molecular weight is 263 g/mol. The van der Waals surface area contributed by atoms with E-state index in [2.05, 4.69) is 6.07 Å². The van der Waals surface area contributed by atoms with E-state index in [0.29, 0.717) is 5.75 Å². The molecule has 3 aromatic rings. The molecule has 0 saturated heterocycles. The molecule has 0 fully saturated rings. The van der Waals surface area contributed by atoms with Crippen molar-refractivity contribution < 1.29 is 5.11 Å². The van der Waals surface area contributed by atoms with Crippen molar-refractivity contribution >= 4 is 43.1 Å². The normalized spacial score (nSPS) is 11.4. The van der Waals surface area contributed by atoms with Gasteiger partial charge in [0.25, 0.3) is 0 Å². The molecule has 3 heteroatoms. The third kappa shape index (κ3) is 1.68. The largest absolute Gasteiger partial charge is 0.508 e. The Kier molecular flexibility index (Phi) is 2.49. The minimum Gasteiger partial charge on any atom is -0.508 e. The first-order chi connectivity index (χ1) is 8.19. The van der Waals surface area contributed by atoms with Gasteiger partial charge in [0, 0.05) is 25.2 Å². The lowest BCUT2D eigenvalue weighted by atomic mass is 10.1. The second-order valence-corrected chi connectivity index (χ2v) is 5.59. The van der Waals surface area contributed by atoms with E-state index >= 15 is 0 Å². The Labute approximate surface area is 108 Å². The summed E-state index contributed by atoms with van der Waals surface area (Å²) in [4.78, 5) is 0. The number of hydrogen-bond donors (Lipinski definition) is 1. The number of phenols is 1. The lowest BCUT2D eigenvalue weighted by molar-refractivity contribution is 0.470. The smallest absolute Gasteiger partial charge is 0.120 e. The maximum atomic E-state index is 9.87. The minimum atomic E-state index is 0.387. The van der Waals surface area contributed by atoms with E-state index in [4.69, 9.17) is 11.6 Å². The van der Waals surface area contributed by atoms with E-state index < -0.39 is 0 Å². The number of thiophene rings is 1. The van der Waals surface area contributed by atoms with Gasteiger partial charge in [-0.2, -0.15) is 0 Å². The van der Waals surface area contributed by atoms with E-state index in [9.17, 15) is 5.11 Å². The molecule has 0 saturated carbocycles. The van der Waals surface area contributed by atoms with Crippen molar-refractivity contribution in [2.24, 2.45) is 0 Å². The molecule has 0 spiro atoms. The van der Waals surface area contributed by atoms with Crippen LogP contribution in [-0.2, 0) is 6.42 Å². The van der Waals surface area contributed by atoms with Crippen molar-refractivity contribution in [2.45, 2.75) is 13.3 Å². The molecular formula is C14H11ClOS. The molecule has 1 N–H and O–H groups in total. The van der Waals surface area contributed by atoms with E-state index in [1.807, 2.05) is 31.2 Å². The van der Waals surface area contributed by atoms with Gasteiger partial charge in [0.1, 0.15) is 5.75 Å². The van der Waals surface area contributed by atoms with Crippen LogP contribution in [0.3, 0.4) is 0 Å². The van der Waals surface area contributed by atoms with Crippen LogP contribution in [0.2, 0.25) is 5.02 Å². The highest BCUT2D eigenvalue weighted by Gasteiger charge is 2.09. The number of aromatic hydroxyl groups is 1. The van der Waals surface area contributed by atoms with E-state index in [0.717, 1.165) is 21.7 Å². The zero-order chi connectivity index (χ0) is 12.0. The molecule has 17 heavy (non-hydrogen) atoms. The first-order valence-corrected chi connectivity index (χ1v) is 6.72. The molecule has 0 aliphatic heterocycles. The van der Waals surface area contributed by atoms with Crippen LogP contribution in [0.15, 0.2) is 30.3 Å². The third-order valence-electron chi connectivity index (χ3n) is 3.02. The summed E-state index contributed by atoms with van der Waals surface area (Å²) in [5.41, 5.74) is 0.993. The molecular weight excluding hydrogens is 252 g/mol. The molecule has 1 heterocycles. The Bertz CT molecular complexity index is 715. The Balaban J connectivity index is 2.44. The highest BCUT2D eigenvalue weighted by Crippen LogP contribution is 2.38. The van der Waals surface area contributed by atoms with Crippen LogP contribution in [0.4, 0.5) is 0 Å². The standard InChI is InChI=1S/C14H11ClOS/c1-2-8-5-11-10-4-3-9(15)6-13(10)17-14(11)7-12(8)16/h3-7,16H,2H2,1H3. The summed E-state index contributed by atoms with van der Waals surface area (Å²) >= 11 is 7.66. The number of halogens is 1. The van der Waals surface area contributed by atoms with Crippen molar-refractivity contribution in [1.82, 2.24) is 0 Å². The summed E-state index contributed by atoms with van der Waals surface area (Å²) in [6, 6.07) is 9.87. The number of aryl methyl sites for hydroxylation is 1. The molecule has 0 amide bonds. The predicted molar refractivity (Wildman–Crippen MR) is 75.4 cm³/mol. The molecule has 0 bridgehead atoms. The SMILES string of the molecule is CCc1cc2c(cc1O)sc1cc(Cl)ccc12. The van der Waals surface area contributed by atoms with Gasteiger partial charge in [-0.25, -0.2) is 0 Å². The molecule has 0 aliphatic rings. The average Bonchev–Trinajstić information content (AvgIpc) is 2.63. The molecule has 3 rings (SSSR count). The lowest BCUT2D eigenvalue weighted by Crippen LogP contribution is -1.80. The quantitative estimate of drug-likeness (QED) is 0.656. The van der Waals surface area contributed by atoms with E-state index in [1.165, 1.54) is 15.5 Å². The maximum Gasteiger partial charge on any atom is 0.120 e. The van der Waals surface area contributed by atoms with Gasteiger partial charge in [-0.15, -0.1) is 11.3 Å². The highest BCUT2D eigenvalue weighted by molar-refractivity contribution is 7.25. The van der Waals surface area contributed by atoms with Crippen LogP contribution in [0.1, 0.15) is 12.5 Å². The van der Waals surface area contributed by atoms with E-state index in [1.54, 1.807) is 11.3 Å². The Hall–Kier alpha value is -1.25. The first kappa shape index (κ1) is 10.9. The summed E-state index contributed by atoms with van der Waals surface area (Å²) in [6.07, 6.45) is 0.840. The van der Waals surface area contributed by atoms with Crippen LogP contribution in [0, 0.1) is 0 Å². The first-order valence-electron chi connectivity index (χ1n) is 5.52. The van der Waals surface area contributed by atoms with E-state index in [-0.39, 0.29) is 0 Å². The topological polar surface area (TPSA) is 20.2 Å². The van der Waals surface area contributed by atoms with Gasteiger partial charge in [-0.05, 0) is 36.2 Å². The lowest BCUT2D eigenvalue weighted by Gasteiger charge is -2.01. The number of benzene rings is 2. The second-order valence-electron chi connectivity index (χ2n) is 4.07. The van der Waals surface area contributed by atoms with Crippen LogP contribution in [0.25, 0.3) is 20.2 Å². The summed E-state index contributed by atoms with van der Waals surface area (Å²) in [5, 5.41) is 13.0. The number of hydrogen-bond acceptors (Lipinski definition) is 2. The molecule has 0 unspecified atom stereocenters. The zero-order valence-corrected chi connectivity index (χ0v) is 10.9. The molecule has 0 atom stereocenters. The Morgan fingerprint density at radius 3 is 2.65 bits per heavy atom. The molecule has 86 valence electrons. The van der Waals surface area contributed by atoms with Gasteiger partial charge in [-0.1, -0.05) is 24.6 Å². The van der Waals surface area contributed by atoms with Crippen molar-refractivity contribution in [3.8, 4) is 5.75 Å². The van der Waals surface area contributed by atoms with Crippen LogP contribution in [0.5, 0.6) is 5.75 Å². The summed E-state index contributed by atoms with van der Waals surface area (Å²) in [7, 11) is 0. The fraction of sp³-hybridized carbons (Fsp3) is 0.143. The monoisotopic (exact) mass is 262 g/mol. The van der Waals surface area contributed by atoms with Gasteiger partial charge < -0.3 is 5.11 Å². The van der Waals surface area contributed by atoms with Gasteiger partial charge in [0.05, 0.1) is 0 Å². The van der Waals surface area contributed by atoms with Crippen molar-refractivity contribution in [3.63, 3.8) is 0 Å². The van der Waals surface area contributed by atoms with Gasteiger partial charge in [-0.3, -0.25) is 0 Å². The molecule has 0 aliphatic carbocycles. The molecule has 1 nitrogen and oxygen atoms in total. The molecule has 0 radical (unpaired) electrons. The molecule has 2 aromatic carbocycles. The minimum absolute atomic E-state index is 0.387. The summed E-state index contributed by atoms with van der Waals surface area (Å²) in [6.45, 7) is 2.05. The zero-order valence-electron chi connectivity index (χ0n) is 9.33. The fourth-order valence-corrected chi connectivity index (χ4v) is 3.51. The number of rotatable bonds is 1. The van der Waals surface area contributed by atoms with Gasteiger partial charge in [0.2, 0.25) is 0 Å². The number of fused-ring (bicyclic) bond motifs is 3. The van der Waals surface area contributed by atoms with Crippen molar-refractivity contribution in [2.75, 3.05) is 0 Å². The molecule has 1 aromatic heterocycles. The van der Waals surface area contributed by atoms with Crippen molar-refractivity contribution in [1.29, 1.82) is 0 Å². The Morgan fingerprint density at radius 1 is 1.12 bits per heavy atom. The van der Waals surface area contributed by atoms with Gasteiger partial charge >= 0.3 is 0 Å². The van der Waals surface area contributed by atoms with Gasteiger partial charge in [0.15, 0.2) is 0 Å². The second kappa shape index (κ2) is 3.90. The number of phenolic OH excluding ortho intramolecular Hbond substituents is 1. The predicted octanol–water partition coefficient (Wildman–Crippen LogP) is 4.98. The summed E-state index contributed by atoms with van der Waals surface area (Å²) in [5.74, 6) is 0.387. The summed E-state index contributed by atoms with van der Waals surface area (Å²) < 4.78 is 2.28. The highest BCUT2D eigenvalue weighted by atomic mass is 35.5. The van der Waals surface area contributed by atoms with Crippen LogP contribution < -0.4 is 0 Å². The third-order valence-corrected chi connectivity index (χ3v) is 4.37. The maximum absolute atomic E-state index is 9.87. The fourth-order valence-electron chi connectivity index (χ4n) is 2.11. The Morgan fingerprint density at radius 2 is 1.88 bits per heavy atom. The van der Waals surface area contributed by atoms with Crippen LogP contribution in [-0.4, -0.2) is 5.11 Å².